The minimum absolute atomic E-state index is 1.14. The molecule has 0 fully saturated rings. The molecule has 2 nitrogen and oxygen atoms in total. The van der Waals surface area contributed by atoms with Gasteiger partial charge in [-0.2, -0.15) is 0 Å². The van der Waals surface area contributed by atoms with Crippen LogP contribution in [0.2, 0.25) is 0 Å². The molecule has 1 aliphatic rings. The molecule has 2 heteroatoms. The maximum Gasteiger partial charge on any atom is 0.0893 e. The lowest BCUT2D eigenvalue weighted by molar-refractivity contribution is 0.257. The van der Waals surface area contributed by atoms with E-state index >= 15 is 0 Å². The molecule has 0 atom stereocenters. The van der Waals surface area contributed by atoms with Gasteiger partial charge in [0.15, 0.2) is 0 Å². The molecule has 0 aromatic carbocycles. The fraction of sp³-hybridized carbons (Fsp3) is 0.949. The molecule has 1 heterocycles. The molecular formula is C39H78N2. The molecule has 0 radical (unpaired) electrons. The lowest BCUT2D eigenvalue weighted by Gasteiger charge is -2.21. The topological polar surface area (TPSA) is 6.48 Å². The van der Waals surface area contributed by atoms with E-state index in [0.29, 0.717) is 0 Å². The zero-order valence-corrected chi connectivity index (χ0v) is 28.8. The number of rotatable bonds is 34. The molecule has 0 aromatic heterocycles. The van der Waals surface area contributed by atoms with Crippen molar-refractivity contribution in [2.45, 2.75) is 219 Å². The second kappa shape index (κ2) is 32.3. The maximum atomic E-state index is 2.54. The average molecular weight is 575 g/mol. The zero-order chi connectivity index (χ0) is 29.3. The van der Waals surface area contributed by atoms with E-state index in [4.69, 9.17) is 0 Å². The van der Waals surface area contributed by atoms with Gasteiger partial charge in [-0.25, -0.2) is 0 Å². The molecule has 0 saturated heterocycles. The van der Waals surface area contributed by atoms with Crippen LogP contribution in [-0.2, 0) is 0 Å². The number of nitrogens with zero attached hydrogens (tertiary/aromatic N) is 2. The van der Waals surface area contributed by atoms with Crippen molar-refractivity contribution in [3.63, 3.8) is 0 Å². The first-order valence-corrected chi connectivity index (χ1v) is 19.5. The Bertz CT molecular complexity index is 472. The van der Waals surface area contributed by atoms with Crippen LogP contribution in [0.15, 0.2) is 12.4 Å². The summed E-state index contributed by atoms with van der Waals surface area (Å²) in [6.45, 7) is 8.26. The highest BCUT2D eigenvalue weighted by Crippen LogP contribution is 2.16. The summed E-state index contributed by atoms with van der Waals surface area (Å²) in [7, 11) is 0. The minimum Gasteiger partial charge on any atom is -0.359 e. The second-order valence-electron chi connectivity index (χ2n) is 13.7. The summed E-state index contributed by atoms with van der Waals surface area (Å²) in [5, 5.41) is 0. The molecule has 0 N–H and O–H groups in total. The van der Waals surface area contributed by atoms with Crippen molar-refractivity contribution in [2.24, 2.45) is 0 Å². The van der Waals surface area contributed by atoms with Crippen LogP contribution in [-0.4, -0.2) is 29.6 Å². The molecule has 244 valence electrons. The van der Waals surface area contributed by atoms with E-state index in [0.717, 1.165) is 6.67 Å². The predicted octanol–water partition coefficient (Wildman–Crippen LogP) is 13.6. The Labute approximate surface area is 260 Å². The van der Waals surface area contributed by atoms with Crippen LogP contribution in [0, 0.1) is 0 Å². The lowest BCUT2D eigenvalue weighted by atomic mass is 10.0. The van der Waals surface area contributed by atoms with E-state index in [2.05, 4.69) is 36.0 Å². The van der Waals surface area contributed by atoms with Gasteiger partial charge in [0.05, 0.1) is 6.67 Å². The summed E-state index contributed by atoms with van der Waals surface area (Å²) in [6, 6.07) is 0. The minimum atomic E-state index is 1.14. The van der Waals surface area contributed by atoms with Crippen LogP contribution in [0.4, 0.5) is 0 Å². The Balaban J connectivity index is 1.73. The molecule has 0 aromatic rings. The quantitative estimate of drug-likeness (QED) is 0.0705. The van der Waals surface area contributed by atoms with E-state index in [1.165, 1.54) is 219 Å². The molecule has 1 aliphatic heterocycles. The predicted molar refractivity (Wildman–Crippen MR) is 187 cm³/mol. The zero-order valence-electron chi connectivity index (χ0n) is 28.8. The van der Waals surface area contributed by atoms with Crippen molar-refractivity contribution < 1.29 is 0 Å². The normalized spacial score (nSPS) is 13.2. The van der Waals surface area contributed by atoms with Crippen molar-refractivity contribution in [1.82, 2.24) is 9.80 Å². The Morgan fingerprint density at radius 1 is 0.293 bits per heavy atom. The van der Waals surface area contributed by atoms with E-state index in [1.807, 2.05) is 0 Å². The van der Waals surface area contributed by atoms with Crippen LogP contribution >= 0.6 is 0 Å². The van der Waals surface area contributed by atoms with Gasteiger partial charge >= 0.3 is 0 Å². The molecule has 0 saturated carbocycles. The van der Waals surface area contributed by atoms with E-state index in [-0.39, 0.29) is 0 Å². The second-order valence-corrected chi connectivity index (χ2v) is 13.7. The highest BCUT2D eigenvalue weighted by Gasteiger charge is 2.11. The maximum absolute atomic E-state index is 2.54. The molecule has 41 heavy (non-hydrogen) atoms. The van der Waals surface area contributed by atoms with Gasteiger partial charge in [-0.3, -0.25) is 0 Å². The van der Waals surface area contributed by atoms with Crippen LogP contribution in [0.5, 0.6) is 0 Å². The summed E-state index contributed by atoms with van der Waals surface area (Å²) in [4.78, 5) is 5.08. The van der Waals surface area contributed by atoms with Crippen molar-refractivity contribution in [3.8, 4) is 0 Å². The fourth-order valence-corrected chi connectivity index (χ4v) is 6.53. The molecule has 1 rings (SSSR count). The number of hydrogen-bond donors (Lipinski definition) is 0. The first kappa shape index (κ1) is 38.4. The smallest absolute Gasteiger partial charge is 0.0893 e. The summed E-state index contributed by atoms with van der Waals surface area (Å²) in [5.74, 6) is 0. The molecule has 0 amide bonds. The van der Waals surface area contributed by atoms with Gasteiger partial charge in [0.2, 0.25) is 0 Å². The summed E-state index contributed by atoms with van der Waals surface area (Å²) < 4.78 is 0. The first-order chi connectivity index (χ1) is 20.4. The summed E-state index contributed by atoms with van der Waals surface area (Å²) >= 11 is 0. The van der Waals surface area contributed by atoms with E-state index in [9.17, 15) is 0 Å². The van der Waals surface area contributed by atoms with Gasteiger partial charge in [-0.15, -0.1) is 0 Å². The van der Waals surface area contributed by atoms with Gasteiger partial charge in [0.25, 0.3) is 0 Å². The van der Waals surface area contributed by atoms with Crippen LogP contribution < -0.4 is 0 Å². The van der Waals surface area contributed by atoms with Gasteiger partial charge in [0.1, 0.15) is 0 Å². The SMILES string of the molecule is CCCCCCCCCCCCCCCCCCN1C=CN(CCCCCCCCCCCCCCCCCC)C1. The number of unbranched alkanes of at least 4 members (excludes halogenated alkanes) is 30. The van der Waals surface area contributed by atoms with Gasteiger partial charge in [0, 0.05) is 25.5 Å². The van der Waals surface area contributed by atoms with Crippen LogP contribution in [0.25, 0.3) is 0 Å². The third kappa shape index (κ3) is 27.9. The highest BCUT2D eigenvalue weighted by atomic mass is 15.3. The molecular weight excluding hydrogens is 496 g/mol. The van der Waals surface area contributed by atoms with E-state index < -0.39 is 0 Å². The molecule has 0 bridgehead atoms. The standard InChI is InChI=1S/C39H78N2/c1-3-5-7-9-11-13-15-17-19-21-23-25-27-29-31-33-35-40-37-38-41(39-40)36-34-32-30-28-26-24-22-20-18-16-14-12-10-8-6-4-2/h37-38H,3-36,39H2,1-2H3. The van der Waals surface area contributed by atoms with Gasteiger partial charge < -0.3 is 9.80 Å². The highest BCUT2D eigenvalue weighted by molar-refractivity contribution is 4.90. The lowest BCUT2D eigenvalue weighted by Crippen LogP contribution is -2.26. The van der Waals surface area contributed by atoms with Crippen molar-refractivity contribution in [1.29, 1.82) is 0 Å². The molecule has 0 spiro atoms. The molecule has 0 unspecified atom stereocenters. The third-order valence-electron chi connectivity index (χ3n) is 9.45. The Hall–Kier alpha value is -0.660. The van der Waals surface area contributed by atoms with Crippen molar-refractivity contribution >= 4 is 0 Å². The summed E-state index contributed by atoms with van der Waals surface area (Å²) in [5.41, 5.74) is 0. The van der Waals surface area contributed by atoms with Crippen molar-refractivity contribution in [2.75, 3.05) is 19.8 Å². The largest absolute Gasteiger partial charge is 0.359 e. The molecule has 0 aliphatic carbocycles. The van der Waals surface area contributed by atoms with E-state index in [1.54, 1.807) is 0 Å². The Kier molecular flexibility index (Phi) is 30.2. The van der Waals surface area contributed by atoms with Crippen LogP contribution in [0.3, 0.4) is 0 Å². The van der Waals surface area contributed by atoms with Crippen LogP contribution in [0.1, 0.15) is 219 Å². The van der Waals surface area contributed by atoms with Crippen molar-refractivity contribution in [3.05, 3.63) is 12.4 Å². The number of hydrogen-bond acceptors (Lipinski definition) is 2. The third-order valence-corrected chi connectivity index (χ3v) is 9.45. The Morgan fingerprint density at radius 3 is 0.707 bits per heavy atom. The fourth-order valence-electron chi connectivity index (χ4n) is 6.53. The average Bonchev–Trinajstić information content (AvgIpc) is 3.44. The first-order valence-electron chi connectivity index (χ1n) is 19.5. The van der Waals surface area contributed by atoms with Gasteiger partial charge in [-0.1, -0.05) is 206 Å². The van der Waals surface area contributed by atoms with Gasteiger partial charge in [-0.05, 0) is 12.8 Å². The Morgan fingerprint density at radius 2 is 0.488 bits per heavy atom. The summed E-state index contributed by atoms with van der Waals surface area (Å²) in [6.07, 6.45) is 51.2. The monoisotopic (exact) mass is 575 g/mol.